The molecule has 1 saturated heterocycles. The first-order chi connectivity index (χ1) is 17.2. The smallest absolute Gasteiger partial charge is 0.305 e. The van der Waals surface area contributed by atoms with Crippen LogP contribution >= 0.6 is 0 Å². The Labute approximate surface area is 217 Å². The number of carbonyl (C=O) groups excluding carboxylic acids is 3. The molecular formula is C28H47N2O6. The van der Waals surface area contributed by atoms with Gasteiger partial charge in [-0.1, -0.05) is 71.1 Å². The van der Waals surface area contributed by atoms with E-state index in [0.717, 1.165) is 49.8 Å². The van der Waals surface area contributed by atoms with Gasteiger partial charge in [0.2, 0.25) is 0 Å². The molecule has 1 atom stereocenters. The second kappa shape index (κ2) is 15.5. The predicted octanol–water partition coefficient (Wildman–Crippen LogP) is 5.48. The number of hydrogen-bond acceptors (Lipinski definition) is 6. The maximum absolute atomic E-state index is 12.6. The van der Waals surface area contributed by atoms with Crippen molar-refractivity contribution in [3.8, 4) is 0 Å². The van der Waals surface area contributed by atoms with E-state index >= 15 is 0 Å². The SMILES string of the molecule is CCC1(CCCCCCCCCCCCCCC(=O)OCCN2C(=O)C=CC2=O)OCC(C)(C)N1[O]. The molecule has 0 N–H and O–H groups in total. The van der Waals surface area contributed by atoms with E-state index in [2.05, 4.69) is 0 Å². The highest BCUT2D eigenvalue weighted by atomic mass is 16.6. The number of carbonyl (C=O) groups is 3. The fourth-order valence-electron chi connectivity index (χ4n) is 4.99. The summed E-state index contributed by atoms with van der Waals surface area (Å²) in [4.78, 5) is 35.7. The number of ether oxygens (including phenoxy) is 2. The molecule has 0 aromatic rings. The van der Waals surface area contributed by atoms with E-state index in [-0.39, 0.29) is 30.9 Å². The lowest BCUT2D eigenvalue weighted by Gasteiger charge is -2.34. The summed E-state index contributed by atoms with van der Waals surface area (Å²) in [6, 6.07) is 0. The first kappa shape index (κ1) is 30.5. The van der Waals surface area contributed by atoms with Crippen molar-refractivity contribution >= 4 is 17.8 Å². The molecule has 0 saturated carbocycles. The molecule has 0 aliphatic carbocycles. The summed E-state index contributed by atoms with van der Waals surface area (Å²) in [5.74, 6) is -0.974. The quantitative estimate of drug-likeness (QED) is 0.131. The van der Waals surface area contributed by atoms with Crippen LogP contribution in [0.3, 0.4) is 0 Å². The molecule has 205 valence electrons. The lowest BCUT2D eigenvalue weighted by molar-refractivity contribution is -0.294. The fourth-order valence-corrected chi connectivity index (χ4v) is 4.99. The van der Waals surface area contributed by atoms with Crippen molar-refractivity contribution in [2.45, 2.75) is 128 Å². The number of unbranched alkanes of at least 4 members (excludes halogenated alkanes) is 11. The molecule has 2 amide bonds. The van der Waals surface area contributed by atoms with E-state index in [1.165, 1.54) is 62.2 Å². The number of hydroxylamine groups is 2. The van der Waals surface area contributed by atoms with Gasteiger partial charge < -0.3 is 9.47 Å². The van der Waals surface area contributed by atoms with Gasteiger partial charge in [0.25, 0.3) is 11.8 Å². The molecule has 1 fully saturated rings. The van der Waals surface area contributed by atoms with E-state index in [4.69, 9.17) is 9.47 Å². The van der Waals surface area contributed by atoms with Gasteiger partial charge in [-0.15, -0.1) is 10.3 Å². The first-order valence-corrected chi connectivity index (χ1v) is 14.0. The maximum Gasteiger partial charge on any atom is 0.305 e. The number of imide groups is 1. The van der Waals surface area contributed by atoms with Crippen LogP contribution in [0.4, 0.5) is 0 Å². The third-order valence-electron chi connectivity index (χ3n) is 7.34. The van der Waals surface area contributed by atoms with Crippen LogP contribution in [0, 0.1) is 0 Å². The third kappa shape index (κ3) is 9.60. The largest absolute Gasteiger partial charge is 0.464 e. The summed E-state index contributed by atoms with van der Waals surface area (Å²) in [6.45, 7) is 6.66. The number of rotatable bonds is 19. The fraction of sp³-hybridized carbons (Fsp3) is 0.821. The highest BCUT2D eigenvalue weighted by molar-refractivity contribution is 6.12. The Morgan fingerprint density at radius 3 is 1.86 bits per heavy atom. The van der Waals surface area contributed by atoms with E-state index < -0.39 is 11.3 Å². The first-order valence-electron chi connectivity index (χ1n) is 14.0. The van der Waals surface area contributed by atoms with Gasteiger partial charge in [0, 0.05) is 18.6 Å². The number of nitrogens with zero attached hydrogens (tertiary/aromatic N) is 2. The van der Waals surface area contributed by atoms with Gasteiger partial charge in [-0.3, -0.25) is 19.3 Å². The molecule has 2 heterocycles. The number of hydrogen-bond donors (Lipinski definition) is 0. The average Bonchev–Trinajstić information content (AvgIpc) is 3.29. The van der Waals surface area contributed by atoms with E-state index in [9.17, 15) is 19.6 Å². The summed E-state index contributed by atoms with van der Waals surface area (Å²) in [5, 5.41) is 13.8. The van der Waals surface area contributed by atoms with Crippen molar-refractivity contribution < 1.29 is 29.1 Å². The van der Waals surface area contributed by atoms with Gasteiger partial charge in [0.1, 0.15) is 12.3 Å². The van der Waals surface area contributed by atoms with Crippen LogP contribution in [-0.2, 0) is 29.1 Å². The van der Waals surface area contributed by atoms with Gasteiger partial charge in [0.15, 0.2) is 0 Å². The van der Waals surface area contributed by atoms with Crippen LogP contribution in [0.15, 0.2) is 12.2 Å². The Bertz CT molecular complexity index is 720. The molecule has 0 bridgehead atoms. The van der Waals surface area contributed by atoms with Crippen LogP contribution in [0.25, 0.3) is 0 Å². The molecule has 0 aromatic carbocycles. The Kier molecular flexibility index (Phi) is 13.1. The van der Waals surface area contributed by atoms with Gasteiger partial charge >= 0.3 is 5.97 Å². The second-order valence-corrected chi connectivity index (χ2v) is 10.8. The maximum atomic E-state index is 12.6. The third-order valence-corrected chi connectivity index (χ3v) is 7.34. The molecule has 8 nitrogen and oxygen atoms in total. The zero-order valence-electron chi connectivity index (χ0n) is 22.7. The number of esters is 1. The standard InChI is InChI=1S/C28H47N2O6/c1-4-28(30(34)27(2,3)23-36-28)20-16-14-12-10-8-6-5-7-9-11-13-15-17-26(33)35-22-21-29-24(31)18-19-25(29)32/h18-19H,4-17,20-23H2,1-3H3. The summed E-state index contributed by atoms with van der Waals surface area (Å²) in [5.41, 5.74) is -1.03. The Morgan fingerprint density at radius 2 is 1.39 bits per heavy atom. The van der Waals surface area contributed by atoms with Crippen molar-refractivity contribution in [1.82, 2.24) is 9.96 Å². The van der Waals surface area contributed by atoms with Crippen molar-refractivity contribution in [3.63, 3.8) is 0 Å². The van der Waals surface area contributed by atoms with Crippen molar-refractivity contribution in [2.24, 2.45) is 0 Å². The summed E-state index contributed by atoms with van der Waals surface area (Å²) in [7, 11) is 0. The van der Waals surface area contributed by atoms with Gasteiger partial charge in [-0.25, -0.2) is 0 Å². The van der Waals surface area contributed by atoms with E-state index in [1.807, 2.05) is 20.8 Å². The van der Waals surface area contributed by atoms with Crippen LogP contribution < -0.4 is 0 Å². The molecule has 1 unspecified atom stereocenters. The predicted molar refractivity (Wildman–Crippen MR) is 137 cm³/mol. The normalized spacial score (nSPS) is 21.6. The average molecular weight is 508 g/mol. The molecule has 0 aromatic heterocycles. The second-order valence-electron chi connectivity index (χ2n) is 10.8. The van der Waals surface area contributed by atoms with Crippen molar-refractivity contribution in [2.75, 3.05) is 19.8 Å². The minimum absolute atomic E-state index is 0.0585. The Morgan fingerprint density at radius 1 is 0.889 bits per heavy atom. The summed E-state index contributed by atoms with van der Waals surface area (Å²) < 4.78 is 11.1. The molecule has 2 aliphatic heterocycles. The van der Waals surface area contributed by atoms with Gasteiger partial charge in [-0.2, -0.15) is 0 Å². The summed E-state index contributed by atoms with van der Waals surface area (Å²) in [6.07, 6.45) is 18.3. The highest BCUT2D eigenvalue weighted by Crippen LogP contribution is 2.39. The molecule has 0 spiro atoms. The highest BCUT2D eigenvalue weighted by Gasteiger charge is 2.51. The van der Waals surface area contributed by atoms with Crippen LogP contribution in [0.2, 0.25) is 0 Å². The topological polar surface area (TPSA) is 96.0 Å². The molecule has 1 radical (unpaired) electrons. The minimum Gasteiger partial charge on any atom is -0.464 e. The van der Waals surface area contributed by atoms with E-state index in [1.54, 1.807) is 0 Å². The monoisotopic (exact) mass is 507 g/mol. The molecular weight excluding hydrogens is 460 g/mol. The van der Waals surface area contributed by atoms with Gasteiger partial charge in [-0.05, 0) is 39.5 Å². The van der Waals surface area contributed by atoms with Crippen LogP contribution in [0.1, 0.15) is 117 Å². The lowest BCUT2D eigenvalue weighted by atomic mass is 9.98. The Balaban J connectivity index is 1.34. The van der Waals surface area contributed by atoms with Crippen molar-refractivity contribution in [3.05, 3.63) is 12.2 Å². The van der Waals surface area contributed by atoms with E-state index in [0.29, 0.717) is 13.0 Å². The van der Waals surface area contributed by atoms with Crippen molar-refractivity contribution in [1.29, 1.82) is 0 Å². The van der Waals surface area contributed by atoms with Crippen LogP contribution in [-0.4, -0.2) is 58.8 Å². The zero-order chi connectivity index (χ0) is 26.4. The minimum atomic E-state index is -0.613. The summed E-state index contributed by atoms with van der Waals surface area (Å²) >= 11 is 0. The zero-order valence-corrected chi connectivity index (χ0v) is 22.7. The molecule has 2 aliphatic rings. The Hall–Kier alpha value is -1.77. The number of amides is 2. The lowest BCUT2D eigenvalue weighted by Crippen LogP contribution is -2.49. The van der Waals surface area contributed by atoms with Gasteiger partial charge in [0.05, 0.1) is 18.7 Å². The molecule has 2 rings (SSSR count). The molecule has 36 heavy (non-hydrogen) atoms. The molecule has 8 heteroatoms. The van der Waals surface area contributed by atoms with Crippen LogP contribution in [0.5, 0.6) is 0 Å².